The number of anilines is 1. The van der Waals surface area contributed by atoms with Crippen LogP contribution in [-0.4, -0.2) is 17.5 Å². The number of para-hydroxylation sites is 1. The summed E-state index contributed by atoms with van der Waals surface area (Å²) in [5.41, 5.74) is 3.70. The van der Waals surface area contributed by atoms with Gasteiger partial charge in [0.25, 0.3) is 5.91 Å². The molecule has 1 heterocycles. The summed E-state index contributed by atoms with van der Waals surface area (Å²) in [6.07, 6.45) is 1.70. The van der Waals surface area contributed by atoms with E-state index in [4.69, 9.17) is 4.74 Å². The molecule has 0 radical (unpaired) electrons. The molecule has 0 atom stereocenters. The number of nitrogens with one attached hydrogen (secondary N) is 1. The molecule has 2 aromatic carbocycles. The molecule has 0 aliphatic carbocycles. The number of hydrogen-bond acceptors (Lipinski definition) is 3. The zero-order valence-electron chi connectivity index (χ0n) is 15.3. The number of aryl methyl sites for hydroxylation is 1. The summed E-state index contributed by atoms with van der Waals surface area (Å²) < 4.78 is 7.49. The Morgan fingerprint density at radius 3 is 2.70 bits per heavy atom. The van der Waals surface area contributed by atoms with Gasteiger partial charge in [-0.1, -0.05) is 54.0 Å². The molecule has 0 aliphatic rings. The highest BCUT2D eigenvalue weighted by molar-refractivity contribution is 9.11. The molecule has 1 aromatic heterocycles. The lowest BCUT2D eigenvalue weighted by Gasteiger charge is -2.17. The minimum atomic E-state index is -0.204. The molecule has 0 unspecified atom stereocenters. The molecule has 6 heteroatoms. The van der Waals surface area contributed by atoms with Gasteiger partial charge >= 0.3 is 0 Å². The number of ether oxygens (including phenoxy) is 1. The van der Waals surface area contributed by atoms with E-state index in [1.54, 1.807) is 6.20 Å². The maximum atomic E-state index is 12.5. The van der Waals surface area contributed by atoms with Crippen molar-refractivity contribution in [2.75, 3.05) is 11.9 Å². The van der Waals surface area contributed by atoms with Gasteiger partial charge in [0.15, 0.2) is 12.4 Å². The van der Waals surface area contributed by atoms with Crippen molar-refractivity contribution in [2.45, 2.75) is 26.7 Å². The first kappa shape index (κ1) is 19.8. The first-order chi connectivity index (χ1) is 12.9. The first-order valence-corrected chi connectivity index (χ1v) is 10.2. The van der Waals surface area contributed by atoms with Gasteiger partial charge in [0.05, 0.1) is 4.47 Å². The van der Waals surface area contributed by atoms with E-state index in [-0.39, 0.29) is 12.5 Å². The number of rotatable bonds is 5. The normalized spacial score (nSPS) is 11.0. The van der Waals surface area contributed by atoms with Crippen LogP contribution in [0.5, 0.6) is 5.75 Å². The molecular weight excluding hydrogens is 472 g/mol. The fraction of sp³-hybridized carbons (Fsp3) is 0.238. The number of benzene rings is 2. The number of carbonyl (C=O) groups is 1. The largest absolute Gasteiger partial charge is 0.480 e. The lowest BCUT2D eigenvalue weighted by atomic mass is 9.98. The van der Waals surface area contributed by atoms with Crippen molar-refractivity contribution in [3.8, 4) is 5.75 Å². The molecule has 27 heavy (non-hydrogen) atoms. The molecule has 4 nitrogen and oxygen atoms in total. The topological polar surface area (TPSA) is 51.2 Å². The zero-order chi connectivity index (χ0) is 19.6. The highest BCUT2D eigenvalue weighted by atomic mass is 79.9. The van der Waals surface area contributed by atoms with Gasteiger partial charge in [0.1, 0.15) is 5.52 Å². The van der Waals surface area contributed by atoms with Gasteiger partial charge in [-0.15, -0.1) is 0 Å². The highest BCUT2D eigenvalue weighted by Gasteiger charge is 2.15. The third-order valence-electron chi connectivity index (χ3n) is 4.29. The number of hydrogen-bond donors (Lipinski definition) is 1. The monoisotopic (exact) mass is 490 g/mol. The summed E-state index contributed by atoms with van der Waals surface area (Å²) >= 11 is 7.03. The van der Waals surface area contributed by atoms with Gasteiger partial charge in [-0.05, 0) is 52.0 Å². The lowest BCUT2D eigenvalue weighted by Crippen LogP contribution is -2.22. The predicted octanol–water partition coefficient (Wildman–Crippen LogP) is 6.21. The SMILES string of the molecule is Cc1cccc(C(C)C)c1NC(=O)COc1c(Br)cc(Br)c2cccnc12. The average molecular weight is 492 g/mol. The van der Waals surface area contributed by atoms with E-state index in [9.17, 15) is 4.79 Å². The number of aromatic nitrogens is 1. The van der Waals surface area contributed by atoms with Crippen LogP contribution in [0.1, 0.15) is 30.9 Å². The summed E-state index contributed by atoms with van der Waals surface area (Å²) in [6, 6.07) is 11.8. The highest BCUT2D eigenvalue weighted by Crippen LogP contribution is 2.37. The summed E-state index contributed by atoms with van der Waals surface area (Å²) in [7, 11) is 0. The van der Waals surface area contributed by atoms with Crippen molar-refractivity contribution in [1.29, 1.82) is 0 Å². The quantitative estimate of drug-likeness (QED) is 0.461. The minimum absolute atomic E-state index is 0.0994. The Balaban J connectivity index is 1.81. The van der Waals surface area contributed by atoms with E-state index < -0.39 is 0 Å². The van der Waals surface area contributed by atoms with Gasteiger partial charge < -0.3 is 10.1 Å². The second kappa shape index (κ2) is 8.40. The molecule has 3 rings (SSSR count). The van der Waals surface area contributed by atoms with Gasteiger partial charge in [0, 0.05) is 21.7 Å². The van der Waals surface area contributed by atoms with Gasteiger partial charge in [-0.25, -0.2) is 0 Å². The van der Waals surface area contributed by atoms with Crippen molar-refractivity contribution in [1.82, 2.24) is 4.98 Å². The van der Waals surface area contributed by atoms with E-state index in [2.05, 4.69) is 56.0 Å². The van der Waals surface area contributed by atoms with Crippen molar-refractivity contribution in [3.63, 3.8) is 0 Å². The van der Waals surface area contributed by atoms with Gasteiger partial charge in [-0.2, -0.15) is 0 Å². The maximum absolute atomic E-state index is 12.5. The molecule has 1 N–H and O–H groups in total. The van der Waals surface area contributed by atoms with Crippen LogP contribution in [0.15, 0.2) is 51.5 Å². The smallest absolute Gasteiger partial charge is 0.262 e. The van der Waals surface area contributed by atoms with Gasteiger partial charge in [0.2, 0.25) is 0 Å². The van der Waals surface area contributed by atoms with Crippen LogP contribution < -0.4 is 10.1 Å². The second-order valence-corrected chi connectivity index (χ2v) is 8.31. The van der Waals surface area contributed by atoms with Crippen LogP contribution in [0.25, 0.3) is 10.9 Å². The lowest BCUT2D eigenvalue weighted by molar-refractivity contribution is -0.118. The van der Waals surface area contributed by atoms with E-state index >= 15 is 0 Å². The summed E-state index contributed by atoms with van der Waals surface area (Å²) in [5, 5.41) is 3.93. The number of halogens is 2. The average Bonchev–Trinajstić information content (AvgIpc) is 2.63. The molecule has 3 aromatic rings. The molecule has 0 fully saturated rings. The Labute approximate surface area is 175 Å². The summed E-state index contributed by atoms with van der Waals surface area (Å²) in [5.74, 6) is 0.665. The molecule has 0 aliphatic heterocycles. The zero-order valence-corrected chi connectivity index (χ0v) is 18.5. The molecule has 0 saturated heterocycles. The predicted molar refractivity (Wildman–Crippen MR) is 117 cm³/mol. The summed E-state index contributed by atoms with van der Waals surface area (Å²) in [6.45, 7) is 6.11. The molecule has 0 spiro atoms. The third kappa shape index (κ3) is 4.33. The fourth-order valence-electron chi connectivity index (χ4n) is 2.94. The van der Waals surface area contributed by atoms with Crippen LogP contribution in [0.4, 0.5) is 5.69 Å². The summed E-state index contributed by atoms with van der Waals surface area (Å²) in [4.78, 5) is 16.9. The van der Waals surface area contributed by atoms with E-state index in [0.29, 0.717) is 17.2 Å². The molecule has 140 valence electrons. The molecule has 0 saturated carbocycles. The van der Waals surface area contributed by atoms with E-state index in [1.807, 2.05) is 43.3 Å². The maximum Gasteiger partial charge on any atom is 0.262 e. The van der Waals surface area contributed by atoms with Crippen LogP contribution >= 0.6 is 31.9 Å². The van der Waals surface area contributed by atoms with Crippen LogP contribution in [0.2, 0.25) is 0 Å². The van der Waals surface area contributed by atoms with Crippen LogP contribution in [-0.2, 0) is 4.79 Å². The Morgan fingerprint density at radius 2 is 1.96 bits per heavy atom. The fourth-order valence-corrected chi connectivity index (χ4v) is 4.33. The van der Waals surface area contributed by atoms with Crippen molar-refractivity contribution < 1.29 is 9.53 Å². The van der Waals surface area contributed by atoms with E-state index in [0.717, 1.165) is 31.1 Å². The van der Waals surface area contributed by atoms with Crippen molar-refractivity contribution >= 4 is 54.4 Å². The number of amides is 1. The second-order valence-electron chi connectivity index (χ2n) is 6.60. The minimum Gasteiger partial charge on any atom is -0.480 e. The molecule has 0 bridgehead atoms. The van der Waals surface area contributed by atoms with Crippen LogP contribution in [0.3, 0.4) is 0 Å². The molecular formula is C21H20Br2N2O2. The Hall–Kier alpha value is -1.92. The molecule has 1 amide bonds. The number of fused-ring (bicyclic) bond motifs is 1. The Kier molecular flexibility index (Phi) is 6.17. The third-order valence-corrected chi connectivity index (χ3v) is 5.53. The van der Waals surface area contributed by atoms with Crippen molar-refractivity contribution in [2.24, 2.45) is 0 Å². The van der Waals surface area contributed by atoms with Crippen molar-refractivity contribution in [3.05, 3.63) is 62.7 Å². The first-order valence-electron chi connectivity index (χ1n) is 8.63. The van der Waals surface area contributed by atoms with Gasteiger partial charge in [-0.3, -0.25) is 9.78 Å². The number of carbonyl (C=O) groups excluding carboxylic acids is 1. The van der Waals surface area contributed by atoms with E-state index in [1.165, 1.54) is 0 Å². The Morgan fingerprint density at radius 1 is 1.19 bits per heavy atom. The number of nitrogens with zero attached hydrogens (tertiary/aromatic N) is 1. The Bertz CT molecular complexity index is 1000. The number of pyridine rings is 1. The van der Waals surface area contributed by atoms with Crippen LogP contribution in [0, 0.1) is 6.92 Å². The standard InChI is InChI=1S/C21H20Br2N2O2/c1-12(2)14-7-4-6-13(3)19(14)25-18(26)11-27-21-17(23)10-16(22)15-8-5-9-24-20(15)21/h4-10,12H,11H2,1-3H3,(H,25,26).